The largest absolute Gasteiger partial charge is 0.396 e. The minimum absolute atomic E-state index is 0.131. The van der Waals surface area contributed by atoms with Crippen LogP contribution in [0.15, 0.2) is 6.20 Å². The van der Waals surface area contributed by atoms with E-state index in [1.165, 1.54) is 0 Å². The molecule has 1 atom stereocenters. The Morgan fingerprint density at radius 3 is 2.91 bits per heavy atom. The van der Waals surface area contributed by atoms with Crippen molar-refractivity contribution in [2.45, 2.75) is 19.6 Å². The molecule has 0 aromatic carbocycles. The first-order valence-corrected chi connectivity index (χ1v) is 3.70. The van der Waals surface area contributed by atoms with Gasteiger partial charge in [-0.05, 0) is 6.92 Å². The van der Waals surface area contributed by atoms with Crippen LogP contribution in [0.4, 0.5) is 5.69 Å². The Morgan fingerprint density at radius 1 is 1.82 bits per heavy atom. The van der Waals surface area contributed by atoms with Crippen molar-refractivity contribution in [3.8, 4) is 0 Å². The summed E-state index contributed by atoms with van der Waals surface area (Å²) in [5, 5.41) is 4.20. The number of nitrogens with two attached hydrogens (primary N) is 1. The molecule has 1 aromatic heterocycles. The van der Waals surface area contributed by atoms with Gasteiger partial charge in [0, 0.05) is 6.42 Å². The van der Waals surface area contributed by atoms with Gasteiger partial charge in [-0.2, -0.15) is 5.10 Å². The van der Waals surface area contributed by atoms with Crippen molar-refractivity contribution in [1.82, 2.24) is 9.78 Å². The van der Waals surface area contributed by atoms with E-state index in [4.69, 9.17) is 10.5 Å². The van der Waals surface area contributed by atoms with Crippen molar-refractivity contribution in [2.24, 2.45) is 0 Å². The molecule has 1 aliphatic rings. The van der Waals surface area contributed by atoms with Crippen molar-refractivity contribution >= 4 is 5.69 Å². The second kappa shape index (κ2) is 2.23. The van der Waals surface area contributed by atoms with Gasteiger partial charge in [0.25, 0.3) is 0 Å². The Bertz CT molecular complexity index is 245. The van der Waals surface area contributed by atoms with Crippen LogP contribution in [-0.2, 0) is 4.74 Å². The van der Waals surface area contributed by atoms with Gasteiger partial charge in [0.05, 0.1) is 24.2 Å². The first-order valence-electron chi connectivity index (χ1n) is 3.70. The van der Waals surface area contributed by atoms with Gasteiger partial charge in [0.15, 0.2) is 6.23 Å². The van der Waals surface area contributed by atoms with Gasteiger partial charge in [-0.1, -0.05) is 0 Å². The molecule has 1 saturated heterocycles. The topological polar surface area (TPSA) is 53.1 Å². The van der Waals surface area contributed by atoms with E-state index in [0.717, 1.165) is 24.4 Å². The second-order valence-corrected chi connectivity index (χ2v) is 2.76. The molecule has 11 heavy (non-hydrogen) atoms. The van der Waals surface area contributed by atoms with Gasteiger partial charge < -0.3 is 10.5 Å². The number of ether oxygens (including phenoxy) is 1. The van der Waals surface area contributed by atoms with Crippen molar-refractivity contribution < 1.29 is 4.74 Å². The van der Waals surface area contributed by atoms with Gasteiger partial charge in [-0.15, -0.1) is 0 Å². The standard InChI is InChI=1S/C7H11N3O/c1-5-6(8)4-10(9-5)7-2-3-11-7/h4,7H,2-3,8H2,1H3. The summed E-state index contributed by atoms with van der Waals surface area (Å²) in [6.45, 7) is 2.73. The molecule has 4 heteroatoms. The van der Waals surface area contributed by atoms with E-state index in [9.17, 15) is 0 Å². The zero-order valence-electron chi connectivity index (χ0n) is 6.45. The predicted octanol–water partition coefficient (Wildman–Crippen LogP) is 0.693. The SMILES string of the molecule is Cc1nn(C2CCO2)cc1N. The Morgan fingerprint density at radius 2 is 2.55 bits per heavy atom. The fraction of sp³-hybridized carbons (Fsp3) is 0.571. The number of hydrogen-bond donors (Lipinski definition) is 1. The molecule has 1 unspecified atom stereocenters. The molecule has 2 rings (SSSR count). The van der Waals surface area contributed by atoms with E-state index in [-0.39, 0.29) is 6.23 Å². The van der Waals surface area contributed by atoms with E-state index in [0.29, 0.717) is 0 Å². The zero-order chi connectivity index (χ0) is 7.84. The summed E-state index contributed by atoms with van der Waals surface area (Å²) in [6, 6.07) is 0. The van der Waals surface area contributed by atoms with E-state index in [1.54, 1.807) is 4.68 Å². The van der Waals surface area contributed by atoms with Crippen LogP contribution in [0, 0.1) is 6.92 Å². The second-order valence-electron chi connectivity index (χ2n) is 2.76. The van der Waals surface area contributed by atoms with Crippen LogP contribution in [0.1, 0.15) is 18.3 Å². The molecule has 0 bridgehead atoms. The van der Waals surface area contributed by atoms with Gasteiger partial charge in [-0.25, -0.2) is 4.68 Å². The lowest BCUT2D eigenvalue weighted by Crippen LogP contribution is -2.24. The normalized spacial score (nSPS) is 23.2. The highest BCUT2D eigenvalue weighted by Crippen LogP contribution is 2.23. The number of nitrogen functional groups attached to an aromatic ring is 1. The summed E-state index contributed by atoms with van der Waals surface area (Å²) < 4.78 is 7.02. The van der Waals surface area contributed by atoms with Crippen LogP contribution < -0.4 is 5.73 Å². The molecule has 0 saturated carbocycles. The summed E-state index contributed by atoms with van der Waals surface area (Å²) in [5.74, 6) is 0. The third-order valence-electron chi connectivity index (χ3n) is 1.92. The molecule has 1 aliphatic heterocycles. The highest BCUT2D eigenvalue weighted by Gasteiger charge is 2.21. The van der Waals surface area contributed by atoms with E-state index in [2.05, 4.69) is 5.10 Å². The smallest absolute Gasteiger partial charge is 0.152 e. The maximum Gasteiger partial charge on any atom is 0.152 e. The number of nitrogens with zero attached hydrogens (tertiary/aromatic N) is 2. The molecular weight excluding hydrogens is 142 g/mol. The number of hydrogen-bond acceptors (Lipinski definition) is 3. The maximum absolute atomic E-state index is 5.62. The molecule has 0 radical (unpaired) electrons. The Hall–Kier alpha value is -1.03. The average Bonchev–Trinajstić information content (AvgIpc) is 2.08. The van der Waals surface area contributed by atoms with Crippen molar-refractivity contribution in [2.75, 3.05) is 12.3 Å². The number of aromatic nitrogens is 2. The molecule has 0 aliphatic carbocycles. The molecule has 1 aromatic rings. The summed E-state index contributed by atoms with van der Waals surface area (Å²) >= 11 is 0. The quantitative estimate of drug-likeness (QED) is 0.645. The summed E-state index contributed by atoms with van der Waals surface area (Å²) in [7, 11) is 0. The van der Waals surface area contributed by atoms with E-state index < -0.39 is 0 Å². The minimum atomic E-state index is 0.131. The number of rotatable bonds is 1. The first kappa shape index (κ1) is 6.67. The molecule has 0 spiro atoms. The molecule has 1 fully saturated rings. The molecule has 4 nitrogen and oxygen atoms in total. The van der Waals surface area contributed by atoms with Crippen LogP contribution >= 0.6 is 0 Å². The highest BCUT2D eigenvalue weighted by atomic mass is 16.5. The van der Waals surface area contributed by atoms with Crippen molar-refractivity contribution in [1.29, 1.82) is 0 Å². The van der Waals surface area contributed by atoms with Crippen LogP contribution in [0.3, 0.4) is 0 Å². The fourth-order valence-electron chi connectivity index (χ4n) is 1.08. The number of aryl methyl sites for hydroxylation is 1. The third kappa shape index (κ3) is 0.991. The summed E-state index contributed by atoms with van der Waals surface area (Å²) in [5.41, 5.74) is 7.23. The van der Waals surface area contributed by atoms with Gasteiger partial charge in [-0.3, -0.25) is 0 Å². The molecular formula is C7H11N3O. The van der Waals surface area contributed by atoms with Crippen LogP contribution in [0.5, 0.6) is 0 Å². The lowest BCUT2D eigenvalue weighted by atomic mass is 10.3. The maximum atomic E-state index is 5.62. The Kier molecular flexibility index (Phi) is 1.35. The van der Waals surface area contributed by atoms with Gasteiger partial charge in [0.1, 0.15) is 0 Å². The minimum Gasteiger partial charge on any atom is -0.396 e. The molecule has 60 valence electrons. The van der Waals surface area contributed by atoms with Crippen molar-refractivity contribution in [3.63, 3.8) is 0 Å². The monoisotopic (exact) mass is 153 g/mol. The highest BCUT2D eigenvalue weighted by molar-refractivity contribution is 5.39. The van der Waals surface area contributed by atoms with Crippen molar-refractivity contribution in [3.05, 3.63) is 11.9 Å². The summed E-state index contributed by atoms with van der Waals surface area (Å²) in [6.07, 6.45) is 2.99. The number of anilines is 1. The van der Waals surface area contributed by atoms with Crippen LogP contribution in [0.2, 0.25) is 0 Å². The molecule has 2 heterocycles. The van der Waals surface area contributed by atoms with E-state index in [1.807, 2.05) is 13.1 Å². The molecule has 2 N–H and O–H groups in total. The Labute approximate surface area is 64.9 Å². The van der Waals surface area contributed by atoms with Crippen LogP contribution in [-0.4, -0.2) is 16.4 Å². The lowest BCUT2D eigenvalue weighted by Gasteiger charge is -2.26. The Balaban J connectivity index is 2.24. The third-order valence-corrected chi connectivity index (χ3v) is 1.92. The van der Waals surface area contributed by atoms with Gasteiger partial charge >= 0.3 is 0 Å². The van der Waals surface area contributed by atoms with Crippen LogP contribution in [0.25, 0.3) is 0 Å². The molecule has 0 amide bonds. The predicted molar refractivity (Wildman–Crippen MR) is 41.0 cm³/mol. The zero-order valence-corrected chi connectivity index (χ0v) is 6.45. The first-order chi connectivity index (χ1) is 5.27. The van der Waals surface area contributed by atoms with E-state index >= 15 is 0 Å². The lowest BCUT2D eigenvalue weighted by molar-refractivity contribution is -0.106. The summed E-state index contributed by atoms with van der Waals surface area (Å²) in [4.78, 5) is 0. The van der Waals surface area contributed by atoms with Gasteiger partial charge in [0.2, 0.25) is 0 Å². The average molecular weight is 153 g/mol. The fourth-order valence-corrected chi connectivity index (χ4v) is 1.08.